The molecule has 3 aromatic rings. The van der Waals surface area contributed by atoms with Crippen molar-refractivity contribution in [1.29, 1.82) is 0 Å². The second kappa shape index (κ2) is 11.4. The van der Waals surface area contributed by atoms with E-state index in [1.54, 1.807) is 6.21 Å². The molecule has 0 aromatic heterocycles. The number of amides is 2. The maximum atomic E-state index is 12.1. The van der Waals surface area contributed by atoms with Crippen LogP contribution in [-0.2, 0) is 6.61 Å². The molecule has 0 aliphatic heterocycles. The summed E-state index contributed by atoms with van der Waals surface area (Å²) < 4.78 is 12.7. The molecule has 3 aromatic carbocycles. The first kappa shape index (κ1) is 22.6. The maximum Gasteiger partial charge on any atom is 0.339 e. The quantitative estimate of drug-likeness (QED) is 0.222. The van der Waals surface area contributed by atoms with Gasteiger partial charge in [0.15, 0.2) is 11.5 Å². The summed E-state index contributed by atoms with van der Waals surface area (Å²) in [7, 11) is 0. The second-order valence-corrected chi connectivity index (χ2v) is 7.84. The lowest BCUT2D eigenvalue weighted by molar-refractivity contribution is 0.252. The summed E-state index contributed by atoms with van der Waals surface area (Å²) in [6.45, 7) is 4.81. The van der Waals surface area contributed by atoms with E-state index in [4.69, 9.17) is 9.47 Å². The summed E-state index contributed by atoms with van der Waals surface area (Å²) in [6, 6.07) is 20.9. The Morgan fingerprint density at radius 2 is 1.81 bits per heavy atom. The minimum Gasteiger partial charge on any atom is -0.490 e. The van der Waals surface area contributed by atoms with Crippen LogP contribution in [0.5, 0.6) is 11.5 Å². The van der Waals surface area contributed by atoms with E-state index in [1.165, 1.54) is 0 Å². The number of hydrogen-bond acceptors (Lipinski definition) is 4. The van der Waals surface area contributed by atoms with Gasteiger partial charge in [-0.15, -0.1) is 0 Å². The molecule has 0 atom stereocenters. The summed E-state index contributed by atoms with van der Waals surface area (Å²) in [5, 5.41) is 6.82. The molecule has 0 saturated heterocycles. The van der Waals surface area contributed by atoms with Crippen LogP contribution in [0.2, 0.25) is 0 Å². The number of nitrogens with one attached hydrogen (secondary N) is 2. The van der Waals surface area contributed by atoms with Crippen molar-refractivity contribution in [2.45, 2.75) is 20.5 Å². The first-order chi connectivity index (χ1) is 15.1. The monoisotopic (exact) mass is 529 g/mol. The second-order valence-electron chi connectivity index (χ2n) is 6.68. The van der Waals surface area contributed by atoms with Crippen molar-refractivity contribution in [2.24, 2.45) is 5.10 Å². The molecular formula is C24H24IN3O3. The lowest BCUT2D eigenvalue weighted by Crippen LogP contribution is -2.24. The van der Waals surface area contributed by atoms with Crippen LogP contribution in [0.15, 0.2) is 71.8 Å². The standard InChI is InChI=1S/C24H24IN3O3/c1-3-30-22-14-19(13-20(25)23(22)31-16-18-10-5-4-6-11-18)15-26-28-24(29)27-21-12-8-7-9-17(21)2/h4-15H,3,16H2,1-2H3,(H2,27,28,29). The predicted molar refractivity (Wildman–Crippen MR) is 132 cm³/mol. The molecule has 0 saturated carbocycles. The van der Waals surface area contributed by atoms with Crippen molar-refractivity contribution in [3.63, 3.8) is 0 Å². The largest absolute Gasteiger partial charge is 0.490 e. The van der Waals surface area contributed by atoms with Gasteiger partial charge in [0.05, 0.1) is 16.4 Å². The Morgan fingerprint density at radius 1 is 1.06 bits per heavy atom. The van der Waals surface area contributed by atoms with Crippen LogP contribution in [0.3, 0.4) is 0 Å². The summed E-state index contributed by atoms with van der Waals surface area (Å²) in [5.74, 6) is 1.32. The van der Waals surface area contributed by atoms with Crippen LogP contribution in [0.1, 0.15) is 23.6 Å². The predicted octanol–water partition coefficient (Wildman–Crippen LogP) is 5.73. The highest BCUT2D eigenvalue weighted by Gasteiger charge is 2.12. The topological polar surface area (TPSA) is 72.0 Å². The first-order valence-electron chi connectivity index (χ1n) is 9.85. The van der Waals surface area contributed by atoms with Crippen LogP contribution < -0.4 is 20.2 Å². The Kier molecular flexibility index (Phi) is 8.28. The van der Waals surface area contributed by atoms with Crippen LogP contribution in [0, 0.1) is 10.5 Å². The highest BCUT2D eigenvalue weighted by atomic mass is 127. The van der Waals surface area contributed by atoms with Gasteiger partial charge in [-0.1, -0.05) is 48.5 Å². The molecule has 0 fully saturated rings. The fraction of sp³-hybridized carbons (Fsp3) is 0.167. The first-order valence-corrected chi connectivity index (χ1v) is 10.9. The molecule has 2 N–H and O–H groups in total. The third-order valence-corrected chi connectivity index (χ3v) is 5.13. The Balaban J connectivity index is 1.67. The van der Waals surface area contributed by atoms with Gasteiger partial charge in [-0.3, -0.25) is 0 Å². The molecule has 0 bridgehead atoms. The van der Waals surface area contributed by atoms with E-state index < -0.39 is 6.03 Å². The molecule has 0 heterocycles. The van der Waals surface area contributed by atoms with E-state index in [9.17, 15) is 4.79 Å². The van der Waals surface area contributed by atoms with Gasteiger partial charge >= 0.3 is 6.03 Å². The number of ether oxygens (including phenoxy) is 2. The van der Waals surface area contributed by atoms with Gasteiger partial charge in [0.2, 0.25) is 0 Å². The minimum atomic E-state index is -0.409. The van der Waals surface area contributed by atoms with E-state index >= 15 is 0 Å². The minimum absolute atomic E-state index is 0.409. The lowest BCUT2D eigenvalue weighted by atomic mass is 10.2. The van der Waals surface area contributed by atoms with Crippen molar-refractivity contribution in [2.75, 3.05) is 11.9 Å². The van der Waals surface area contributed by atoms with E-state index in [0.29, 0.717) is 24.7 Å². The Bertz CT molecular complexity index is 1060. The number of hydrazone groups is 1. The van der Waals surface area contributed by atoms with Crippen LogP contribution in [0.4, 0.5) is 10.5 Å². The number of halogens is 1. The molecule has 7 heteroatoms. The molecule has 0 unspecified atom stereocenters. The number of urea groups is 1. The van der Waals surface area contributed by atoms with Crippen LogP contribution in [0.25, 0.3) is 0 Å². The molecule has 3 rings (SSSR count). The van der Waals surface area contributed by atoms with Gasteiger partial charge in [0.1, 0.15) is 6.61 Å². The molecule has 0 aliphatic carbocycles. The van der Waals surface area contributed by atoms with Crippen molar-refractivity contribution < 1.29 is 14.3 Å². The SMILES string of the molecule is CCOc1cc(C=NNC(=O)Nc2ccccc2C)cc(I)c1OCc1ccccc1. The number of para-hydroxylation sites is 1. The van der Waals surface area contributed by atoms with Crippen molar-refractivity contribution in [3.05, 3.63) is 87.0 Å². The van der Waals surface area contributed by atoms with Gasteiger partial charge in [-0.25, -0.2) is 10.2 Å². The van der Waals surface area contributed by atoms with Gasteiger partial charge in [0, 0.05) is 5.69 Å². The normalized spacial score (nSPS) is 10.7. The van der Waals surface area contributed by atoms with Crippen LogP contribution in [-0.4, -0.2) is 18.9 Å². The number of anilines is 1. The molecule has 2 amide bonds. The average molecular weight is 529 g/mol. The highest BCUT2D eigenvalue weighted by molar-refractivity contribution is 14.1. The fourth-order valence-corrected chi connectivity index (χ4v) is 3.61. The number of aryl methyl sites for hydroxylation is 1. The lowest BCUT2D eigenvalue weighted by Gasteiger charge is -2.14. The van der Waals surface area contributed by atoms with E-state index in [1.807, 2.05) is 80.6 Å². The van der Waals surface area contributed by atoms with E-state index in [0.717, 1.165) is 25.9 Å². The van der Waals surface area contributed by atoms with Gasteiger partial charge in [-0.2, -0.15) is 5.10 Å². The number of hydrogen-bond donors (Lipinski definition) is 2. The zero-order valence-corrected chi connectivity index (χ0v) is 19.5. The summed E-state index contributed by atoms with van der Waals surface area (Å²) >= 11 is 2.21. The van der Waals surface area contributed by atoms with Crippen molar-refractivity contribution >= 4 is 40.5 Å². The number of rotatable bonds is 8. The van der Waals surface area contributed by atoms with E-state index in [2.05, 4.69) is 38.4 Å². The van der Waals surface area contributed by atoms with Crippen molar-refractivity contribution in [3.8, 4) is 11.5 Å². The summed E-state index contributed by atoms with van der Waals surface area (Å²) in [4.78, 5) is 12.1. The van der Waals surface area contributed by atoms with Gasteiger partial charge in [-0.05, 0) is 71.3 Å². The summed E-state index contributed by atoms with van der Waals surface area (Å²) in [6.07, 6.45) is 1.57. The van der Waals surface area contributed by atoms with Gasteiger partial charge in [0.25, 0.3) is 0 Å². The highest BCUT2D eigenvalue weighted by Crippen LogP contribution is 2.34. The third kappa shape index (κ3) is 6.71. The Hall–Kier alpha value is -3.07. The number of benzene rings is 3. The molecule has 31 heavy (non-hydrogen) atoms. The Morgan fingerprint density at radius 3 is 2.55 bits per heavy atom. The molecule has 0 aliphatic rings. The van der Waals surface area contributed by atoms with E-state index in [-0.39, 0.29) is 0 Å². The van der Waals surface area contributed by atoms with Crippen molar-refractivity contribution in [1.82, 2.24) is 5.43 Å². The summed E-state index contributed by atoms with van der Waals surface area (Å²) in [5.41, 5.74) is 6.07. The van der Waals surface area contributed by atoms with Crippen LogP contribution >= 0.6 is 22.6 Å². The molecule has 160 valence electrons. The fourth-order valence-electron chi connectivity index (χ4n) is 2.82. The molecule has 0 radical (unpaired) electrons. The molecule has 6 nitrogen and oxygen atoms in total. The van der Waals surface area contributed by atoms with Gasteiger partial charge < -0.3 is 14.8 Å². The number of nitrogens with zero attached hydrogens (tertiary/aromatic N) is 1. The Labute approximate surface area is 195 Å². The molecular weight excluding hydrogens is 505 g/mol. The molecule has 0 spiro atoms. The average Bonchev–Trinajstić information content (AvgIpc) is 2.76. The number of carbonyl (C=O) groups is 1. The third-order valence-electron chi connectivity index (χ3n) is 4.33. The zero-order valence-electron chi connectivity index (χ0n) is 17.4. The zero-order chi connectivity index (χ0) is 22.1. The smallest absolute Gasteiger partial charge is 0.339 e. The number of carbonyl (C=O) groups excluding carboxylic acids is 1. The maximum absolute atomic E-state index is 12.1.